The summed E-state index contributed by atoms with van der Waals surface area (Å²) in [5.74, 6) is 0. The van der Waals surface area contributed by atoms with Gasteiger partial charge in [0.2, 0.25) is 0 Å². The molecule has 4 nitrogen and oxygen atoms in total. The number of hydrogen-bond donors (Lipinski definition) is 4. The van der Waals surface area contributed by atoms with Crippen molar-refractivity contribution >= 4 is 67.6 Å². The molecular formula is C16H18N4S4. The first-order valence-corrected chi connectivity index (χ1v) is 10.1. The van der Waals surface area contributed by atoms with Gasteiger partial charge in [0, 0.05) is 23.9 Å². The third-order valence-electron chi connectivity index (χ3n) is 2.95. The molecule has 0 amide bonds. The summed E-state index contributed by atoms with van der Waals surface area (Å²) >= 11 is 10.4. The van der Waals surface area contributed by atoms with Crippen LogP contribution >= 0.6 is 46.0 Å². The monoisotopic (exact) mass is 394 g/mol. The maximum absolute atomic E-state index is 5.19. The van der Waals surface area contributed by atoms with E-state index in [-0.39, 0.29) is 0 Å². The van der Waals surface area contributed by atoms with E-state index in [1.165, 1.54) is 0 Å². The summed E-state index contributed by atoms with van der Waals surface area (Å²) in [5.41, 5.74) is 1.95. The van der Waals surface area contributed by atoms with Crippen LogP contribution in [0.4, 0.5) is 11.4 Å². The van der Waals surface area contributed by atoms with Crippen LogP contribution in [0.25, 0.3) is 0 Å². The van der Waals surface area contributed by atoms with Crippen molar-refractivity contribution in [2.24, 2.45) is 0 Å². The molecule has 2 rings (SSSR count). The zero-order valence-electron chi connectivity index (χ0n) is 13.3. The number of hydrogen-bond acceptors (Lipinski definition) is 4. The van der Waals surface area contributed by atoms with Gasteiger partial charge in [0.1, 0.15) is 0 Å². The van der Waals surface area contributed by atoms with E-state index in [0.717, 1.165) is 21.2 Å². The van der Waals surface area contributed by atoms with Gasteiger partial charge in [0.05, 0.1) is 11.4 Å². The summed E-state index contributed by atoms with van der Waals surface area (Å²) < 4.78 is 0. The number of thiocarbonyl (C=S) groups is 2. The molecule has 0 aliphatic carbocycles. The molecule has 0 saturated heterocycles. The van der Waals surface area contributed by atoms with Gasteiger partial charge in [-0.3, -0.25) is 0 Å². The zero-order valence-corrected chi connectivity index (χ0v) is 16.5. The van der Waals surface area contributed by atoms with Gasteiger partial charge in [-0.2, -0.15) is 0 Å². The van der Waals surface area contributed by atoms with E-state index in [1.54, 1.807) is 35.7 Å². The first kappa shape index (κ1) is 18.9. The summed E-state index contributed by atoms with van der Waals surface area (Å²) in [4.78, 5) is 2.21. The molecule has 0 spiro atoms. The Morgan fingerprint density at radius 1 is 0.708 bits per heavy atom. The fourth-order valence-corrected chi connectivity index (χ4v) is 4.24. The van der Waals surface area contributed by atoms with Crippen LogP contribution in [0.15, 0.2) is 58.3 Å². The third kappa shape index (κ3) is 5.55. The second kappa shape index (κ2) is 9.73. The lowest BCUT2D eigenvalue weighted by Gasteiger charge is -2.14. The maximum Gasteiger partial charge on any atom is 0.170 e. The Labute approximate surface area is 161 Å². The highest BCUT2D eigenvalue weighted by Gasteiger charge is 2.08. The lowest BCUT2D eigenvalue weighted by molar-refractivity contribution is 1.19. The van der Waals surface area contributed by atoms with Gasteiger partial charge in [0.15, 0.2) is 10.2 Å². The van der Waals surface area contributed by atoms with Crippen molar-refractivity contribution in [3.05, 3.63) is 48.5 Å². The fraction of sp³-hybridized carbons (Fsp3) is 0.125. The van der Waals surface area contributed by atoms with Crippen molar-refractivity contribution in [1.29, 1.82) is 0 Å². The van der Waals surface area contributed by atoms with Gasteiger partial charge in [-0.15, -0.1) is 0 Å². The van der Waals surface area contributed by atoms with E-state index < -0.39 is 0 Å². The first-order chi connectivity index (χ1) is 11.6. The molecule has 4 N–H and O–H groups in total. The second-order valence-corrected chi connectivity index (χ2v) is 7.60. The largest absolute Gasteiger partial charge is 0.366 e. The van der Waals surface area contributed by atoms with Crippen molar-refractivity contribution in [3.8, 4) is 0 Å². The van der Waals surface area contributed by atoms with Gasteiger partial charge in [-0.05, 0) is 48.7 Å². The lowest BCUT2D eigenvalue weighted by Crippen LogP contribution is -2.24. The molecule has 8 heteroatoms. The summed E-state index contributed by atoms with van der Waals surface area (Å²) in [5, 5.41) is 13.4. The molecule has 0 fully saturated rings. The smallest absolute Gasteiger partial charge is 0.170 e. The number of rotatable bonds is 5. The van der Waals surface area contributed by atoms with E-state index in [0.29, 0.717) is 10.2 Å². The molecular weight excluding hydrogens is 376 g/mol. The Bertz CT molecular complexity index is 659. The minimum Gasteiger partial charge on any atom is -0.366 e. The van der Waals surface area contributed by atoms with Crippen molar-refractivity contribution in [2.75, 3.05) is 24.7 Å². The minimum atomic E-state index is 0.592. The summed E-state index contributed by atoms with van der Waals surface area (Å²) in [6.45, 7) is 0. The Hall–Kier alpha value is -1.48. The number of anilines is 2. The molecule has 0 aliphatic rings. The Balaban J connectivity index is 2.11. The number of nitrogens with one attached hydrogen (secondary N) is 4. The van der Waals surface area contributed by atoms with Crippen molar-refractivity contribution < 1.29 is 0 Å². The van der Waals surface area contributed by atoms with Gasteiger partial charge in [0.25, 0.3) is 0 Å². The van der Waals surface area contributed by atoms with E-state index in [1.807, 2.05) is 36.4 Å². The molecule has 0 atom stereocenters. The summed E-state index contributed by atoms with van der Waals surface area (Å²) in [7, 11) is 6.93. The van der Waals surface area contributed by atoms with E-state index in [4.69, 9.17) is 24.4 Å². The van der Waals surface area contributed by atoms with E-state index in [9.17, 15) is 0 Å². The Morgan fingerprint density at radius 2 is 1.08 bits per heavy atom. The van der Waals surface area contributed by atoms with Gasteiger partial charge in [-0.25, -0.2) is 0 Å². The SMILES string of the molecule is CNC(=S)Nc1ccccc1SSc1ccccc1NC(=S)NC. The van der Waals surface area contributed by atoms with Crippen LogP contribution in [0.2, 0.25) is 0 Å². The predicted molar refractivity (Wildman–Crippen MR) is 115 cm³/mol. The molecule has 0 heterocycles. The molecule has 0 saturated carbocycles. The van der Waals surface area contributed by atoms with Crippen LogP contribution in [0, 0.1) is 0 Å². The molecule has 2 aromatic rings. The highest BCUT2D eigenvalue weighted by atomic mass is 33.1. The van der Waals surface area contributed by atoms with Crippen molar-refractivity contribution in [1.82, 2.24) is 10.6 Å². The molecule has 24 heavy (non-hydrogen) atoms. The second-order valence-electron chi connectivity index (χ2n) is 4.57. The summed E-state index contributed by atoms with van der Waals surface area (Å²) in [6.07, 6.45) is 0. The van der Waals surface area contributed by atoms with Crippen LogP contribution in [0.3, 0.4) is 0 Å². The molecule has 0 aliphatic heterocycles. The van der Waals surface area contributed by atoms with Gasteiger partial charge >= 0.3 is 0 Å². The molecule has 0 radical (unpaired) electrons. The standard InChI is InChI=1S/C16H18N4S4/c1-17-15(21)19-11-7-3-5-9-13(11)23-24-14-10-6-4-8-12(14)20-16(22)18-2/h3-10H,1-2H3,(H2,17,19,21)(H2,18,20,22). The van der Waals surface area contributed by atoms with Crippen LogP contribution in [0.1, 0.15) is 0 Å². The Morgan fingerprint density at radius 3 is 1.46 bits per heavy atom. The van der Waals surface area contributed by atoms with Crippen LogP contribution in [0.5, 0.6) is 0 Å². The first-order valence-electron chi connectivity index (χ1n) is 7.14. The molecule has 0 bridgehead atoms. The number of para-hydroxylation sites is 2. The van der Waals surface area contributed by atoms with Crippen LogP contribution in [-0.4, -0.2) is 24.3 Å². The van der Waals surface area contributed by atoms with Gasteiger partial charge in [-0.1, -0.05) is 45.9 Å². The minimum absolute atomic E-state index is 0.592. The maximum atomic E-state index is 5.19. The van der Waals surface area contributed by atoms with Crippen molar-refractivity contribution in [2.45, 2.75) is 9.79 Å². The average Bonchev–Trinajstić information content (AvgIpc) is 2.61. The lowest BCUT2D eigenvalue weighted by atomic mass is 10.3. The van der Waals surface area contributed by atoms with Crippen LogP contribution in [-0.2, 0) is 0 Å². The van der Waals surface area contributed by atoms with Crippen LogP contribution < -0.4 is 21.3 Å². The predicted octanol–water partition coefficient (Wildman–Crippen LogP) is 4.32. The highest BCUT2D eigenvalue weighted by Crippen LogP contribution is 2.43. The van der Waals surface area contributed by atoms with Gasteiger partial charge < -0.3 is 21.3 Å². The highest BCUT2D eigenvalue weighted by molar-refractivity contribution is 8.76. The molecule has 126 valence electrons. The van der Waals surface area contributed by atoms with Crippen molar-refractivity contribution in [3.63, 3.8) is 0 Å². The average molecular weight is 395 g/mol. The normalized spacial score (nSPS) is 9.92. The molecule has 0 unspecified atom stereocenters. The molecule has 0 aromatic heterocycles. The zero-order chi connectivity index (χ0) is 17.4. The topological polar surface area (TPSA) is 48.1 Å². The Kier molecular flexibility index (Phi) is 7.64. The van der Waals surface area contributed by atoms with E-state index in [2.05, 4.69) is 33.4 Å². The number of benzene rings is 2. The third-order valence-corrected chi connectivity index (χ3v) is 6.04. The quantitative estimate of drug-likeness (QED) is 0.442. The molecule has 2 aromatic carbocycles. The fourth-order valence-electron chi connectivity index (χ4n) is 1.74. The van der Waals surface area contributed by atoms with E-state index >= 15 is 0 Å². The summed E-state index contributed by atoms with van der Waals surface area (Å²) in [6, 6.07) is 16.1.